The fraction of sp³-hybridized carbons (Fsp3) is 0.700. The molecule has 1 saturated carbocycles. The number of rotatable bonds is 2. The quantitative estimate of drug-likeness (QED) is 0.767. The van der Waals surface area contributed by atoms with Crippen LogP contribution in [0.15, 0.2) is 6.33 Å². The summed E-state index contributed by atoms with van der Waals surface area (Å²) < 4.78 is 5.44. The number of nitrogens with zero attached hydrogens (tertiary/aromatic N) is 3. The Labute approximate surface area is 93.0 Å². The molecule has 86 valence electrons. The Bertz CT molecular complexity index is 374. The number of aromatic nitrogens is 3. The number of hydrogen-bond donors (Lipinski definition) is 1. The van der Waals surface area contributed by atoms with Crippen molar-refractivity contribution in [1.82, 2.24) is 20.1 Å². The van der Waals surface area contributed by atoms with Crippen LogP contribution < -0.4 is 0 Å². The topological polar surface area (TPSA) is 71.1 Å². The smallest absolute Gasteiger partial charge is 0.291 e. The molecule has 1 unspecified atom stereocenters. The third-order valence-electron chi connectivity index (χ3n) is 3.21. The third kappa shape index (κ3) is 1.69. The van der Waals surface area contributed by atoms with Gasteiger partial charge >= 0.3 is 0 Å². The third-order valence-corrected chi connectivity index (χ3v) is 3.21. The van der Waals surface area contributed by atoms with Gasteiger partial charge in [-0.25, -0.2) is 4.98 Å². The average Bonchev–Trinajstić information content (AvgIpc) is 3.03. The Morgan fingerprint density at radius 3 is 3.12 bits per heavy atom. The fourth-order valence-corrected chi connectivity index (χ4v) is 2.19. The van der Waals surface area contributed by atoms with Crippen molar-refractivity contribution in [3.63, 3.8) is 0 Å². The van der Waals surface area contributed by atoms with E-state index in [1.807, 2.05) is 4.90 Å². The summed E-state index contributed by atoms with van der Waals surface area (Å²) >= 11 is 0. The van der Waals surface area contributed by atoms with Crippen molar-refractivity contribution in [2.75, 3.05) is 19.8 Å². The minimum Gasteiger partial charge on any atom is -0.377 e. The Kier molecular flexibility index (Phi) is 2.36. The van der Waals surface area contributed by atoms with Gasteiger partial charge in [0.2, 0.25) is 5.82 Å². The van der Waals surface area contributed by atoms with E-state index in [-0.39, 0.29) is 11.9 Å². The van der Waals surface area contributed by atoms with E-state index < -0.39 is 0 Å². The lowest BCUT2D eigenvalue weighted by molar-refractivity contribution is -0.00893. The first-order chi connectivity index (χ1) is 7.86. The van der Waals surface area contributed by atoms with Crippen LogP contribution in [0.3, 0.4) is 0 Å². The highest BCUT2D eigenvalue weighted by molar-refractivity contribution is 5.90. The molecule has 6 heteroatoms. The van der Waals surface area contributed by atoms with Gasteiger partial charge in [0.15, 0.2) is 0 Å². The maximum atomic E-state index is 12.1. The number of morpholine rings is 1. The molecule has 1 saturated heterocycles. The SMILES string of the molecule is O=C(c1ncn[nH]1)N1CCOCC1C1CC1. The van der Waals surface area contributed by atoms with Crippen LogP contribution in [0.2, 0.25) is 0 Å². The van der Waals surface area contributed by atoms with Gasteiger partial charge in [0.25, 0.3) is 5.91 Å². The van der Waals surface area contributed by atoms with Crippen molar-refractivity contribution < 1.29 is 9.53 Å². The second-order valence-corrected chi connectivity index (χ2v) is 4.31. The molecular weight excluding hydrogens is 208 g/mol. The summed E-state index contributed by atoms with van der Waals surface area (Å²) in [6.07, 6.45) is 3.77. The fourth-order valence-electron chi connectivity index (χ4n) is 2.19. The summed E-state index contributed by atoms with van der Waals surface area (Å²) in [5.74, 6) is 0.887. The van der Waals surface area contributed by atoms with E-state index in [1.165, 1.54) is 19.2 Å². The van der Waals surface area contributed by atoms with Crippen molar-refractivity contribution >= 4 is 5.91 Å². The highest BCUT2D eigenvalue weighted by atomic mass is 16.5. The number of H-pyrrole nitrogens is 1. The predicted octanol–water partition coefficient (Wildman–Crippen LogP) is 0.0557. The summed E-state index contributed by atoms with van der Waals surface area (Å²) in [7, 11) is 0. The van der Waals surface area contributed by atoms with E-state index in [4.69, 9.17) is 4.74 Å². The van der Waals surface area contributed by atoms with Crippen LogP contribution >= 0.6 is 0 Å². The lowest BCUT2D eigenvalue weighted by Gasteiger charge is -2.35. The highest BCUT2D eigenvalue weighted by Gasteiger charge is 2.40. The molecule has 2 aliphatic rings. The molecule has 1 aliphatic carbocycles. The Hall–Kier alpha value is -1.43. The molecule has 6 nitrogen and oxygen atoms in total. The number of nitrogens with one attached hydrogen (secondary N) is 1. The first-order valence-corrected chi connectivity index (χ1v) is 5.60. The molecule has 2 fully saturated rings. The molecule has 1 aromatic heterocycles. The van der Waals surface area contributed by atoms with Crippen molar-refractivity contribution in [2.24, 2.45) is 5.92 Å². The standard InChI is InChI=1S/C10H14N4O2/c15-10(9-11-6-12-13-9)14-3-4-16-5-8(14)7-1-2-7/h6-8H,1-5H2,(H,11,12,13). The van der Waals surface area contributed by atoms with Crippen LogP contribution in [0.1, 0.15) is 23.5 Å². The van der Waals surface area contributed by atoms with Gasteiger partial charge in [-0.2, -0.15) is 5.10 Å². The molecule has 1 aromatic rings. The van der Waals surface area contributed by atoms with Crippen LogP contribution in [0.5, 0.6) is 0 Å². The van der Waals surface area contributed by atoms with Gasteiger partial charge in [-0.05, 0) is 18.8 Å². The highest BCUT2D eigenvalue weighted by Crippen LogP contribution is 2.36. The molecule has 1 atom stereocenters. The lowest BCUT2D eigenvalue weighted by Crippen LogP contribution is -2.50. The Balaban J connectivity index is 1.78. The molecule has 1 aliphatic heterocycles. The second kappa shape index (κ2) is 3.86. The molecule has 3 rings (SSSR count). The van der Waals surface area contributed by atoms with Crippen molar-refractivity contribution in [1.29, 1.82) is 0 Å². The average molecular weight is 222 g/mol. The Morgan fingerprint density at radius 2 is 2.44 bits per heavy atom. The maximum Gasteiger partial charge on any atom is 0.291 e. The van der Waals surface area contributed by atoms with Gasteiger partial charge in [0, 0.05) is 6.54 Å². The number of ether oxygens (including phenoxy) is 1. The minimum atomic E-state index is -0.0577. The molecule has 16 heavy (non-hydrogen) atoms. The van der Waals surface area contributed by atoms with Crippen LogP contribution in [-0.2, 0) is 4.74 Å². The van der Waals surface area contributed by atoms with Gasteiger partial charge in [0.05, 0.1) is 19.3 Å². The van der Waals surface area contributed by atoms with E-state index in [9.17, 15) is 4.79 Å². The molecular formula is C10H14N4O2. The molecule has 0 bridgehead atoms. The molecule has 1 N–H and O–H groups in total. The minimum absolute atomic E-state index is 0.0577. The monoisotopic (exact) mass is 222 g/mol. The number of carbonyl (C=O) groups is 1. The zero-order chi connectivity index (χ0) is 11.0. The van der Waals surface area contributed by atoms with Crippen molar-refractivity contribution in [2.45, 2.75) is 18.9 Å². The zero-order valence-corrected chi connectivity index (χ0v) is 8.93. The predicted molar refractivity (Wildman–Crippen MR) is 54.8 cm³/mol. The first kappa shape index (κ1) is 9.77. The van der Waals surface area contributed by atoms with E-state index >= 15 is 0 Å². The van der Waals surface area contributed by atoms with Gasteiger partial charge in [-0.15, -0.1) is 0 Å². The molecule has 0 radical (unpaired) electrons. The van der Waals surface area contributed by atoms with Crippen molar-refractivity contribution in [3.05, 3.63) is 12.2 Å². The number of aromatic amines is 1. The molecule has 0 spiro atoms. The summed E-state index contributed by atoms with van der Waals surface area (Å²) in [6, 6.07) is 0.228. The number of amides is 1. The van der Waals surface area contributed by atoms with Crippen molar-refractivity contribution in [3.8, 4) is 0 Å². The van der Waals surface area contributed by atoms with E-state index in [1.54, 1.807) is 0 Å². The largest absolute Gasteiger partial charge is 0.377 e. The summed E-state index contributed by atoms with van der Waals surface area (Å²) in [5.41, 5.74) is 0. The van der Waals surface area contributed by atoms with Gasteiger partial charge in [-0.3, -0.25) is 9.89 Å². The summed E-state index contributed by atoms with van der Waals surface area (Å²) in [5, 5.41) is 6.33. The lowest BCUT2D eigenvalue weighted by atomic mass is 10.1. The zero-order valence-electron chi connectivity index (χ0n) is 8.93. The van der Waals surface area contributed by atoms with Gasteiger partial charge in [0.1, 0.15) is 6.33 Å². The summed E-state index contributed by atoms with van der Waals surface area (Å²) in [4.78, 5) is 17.9. The Morgan fingerprint density at radius 1 is 1.56 bits per heavy atom. The molecule has 0 aromatic carbocycles. The number of hydrogen-bond acceptors (Lipinski definition) is 4. The first-order valence-electron chi connectivity index (χ1n) is 5.60. The molecule has 1 amide bonds. The summed E-state index contributed by atoms with van der Waals surface area (Å²) in [6.45, 7) is 1.92. The van der Waals surface area contributed by atoms with Crippen LogP contribution in [0.4, 0.5) is 0 Å². The second-order valence-electron chi connectivity index (χ2n) is 4.31. The van der Waals surface area contributed by atoms with Gasteiger partial charge in [-0.1, -0.05) is 0 Å². The van der Waals surface area contributed by atoms with Crippen LogP contribution in [-0.4, -0.2) is 51.8 Å². The molecule has 2 heterocycles. The van der Waals surface area contributed by atoms with Crippen LogP contribution in [0.25, 0.3) is 0 Å². The van der Waals surface area contributed by atoms with Crippen LogP contribution in [0, 0.1) is 5.92 Å². The van der Waals surface area contributed by atoms with E-state index in [0.29, 0.717) is 31.5 Å². The van der Waals surface area contributed by atoms with E-state index in [0.717, 1.165) is 0 Å². The number of carbonyl (C=O) groups excluding carboxylic acids is 1. The van der Waals surface area contributed by atoms with Gasteiger partial charge < -0.3 is 9.64 Å². The normalized spacial score (nSPS) is 25.8. The maximum absolute atomic E-state index is 12.1. The van der Waals surface area contributed by atoms with E-state index in [2.05, 4.69) is 15.2 Å².